The van der Waals surface area contributed by atoms with E-state index in [-0.39, 0.29) is 0 Å². The number of aromatic amines is 1. The van der Waals surface area contributed by atoms with Crippen LogP contribution >= 0.6 is 0 Å². The molecule has 0 aliphatic rings. The van der Waals surface area contributed by atoms with Crippen LogP contribution in [0.3, 0.4) is 0 Å². The smallest absolute Gasteiger partial charge is 0.423 e. The van der Waals surface area contributed by atoms with Crippen LogP contribution in [0.2, 0.25) is 0 Å². The van der Waals surface area contributed by atoms with E-state index in [9.17, 15) is 0 Å². The lowest BCUT2D eigenvalue weighted by Crippen LogP contribution is -2.31. The molecule has 0 atom stereocenters. The van der Waals surface area contributed by atoms with Gasteiger partial charge in [-0.3, -0.25) is 5.10 Å². The van der Waals surface area contributed by atoms with Gasteiger partial charge in [-0.15, -0.1) is 0 Å². The summed E-state index contributed by atoms with van der Waals surface area (Å²) in [5.74, 6) is 0. The van der Waals surface area contributed by atoms with E-state index in [1.54, 1.807) is 12.3 Å². The first kappa shape index (κ1) is 8.09. The first-order chi connectivity index (χ1) is 6.18. The van der Waals surface area contributed by atoms with E-state index in [0.717, 1.165) is 5.39 Å². The molecule has 0 radical (unpaired) electrons. The summed E-state index contributed by atoms with van der Waals surface area (Å²) in [4.78, 5) is 0. The largest absolute Gasteiger partial charge is 0.490 e. The van der Waals surface area contributed by atoms with Crippen LogP contribution in [0.15, 0.2) is 18.3 Å². The molecule has 0 unspecified atom stereocenters. The van der Waals surface area contributed by atoms with Gasteiger partial charge in [0.25, 0.3) is 0 Å². The predicted molar refractivity (Wildman–Crippen MR) is 50.3 cm³/mol. The van der Waals surface area contributed by atoms with Gasteiger partial charge in [-0.05, 0) is 12.1 Å². The molecule has 0 aliphatic carbocycles. The van der Waals surface area contributed by atoms with E-state index in [4.69, 9.17) is 15.8 Å². The number of hydrogen-bond donors (Lipinski definition) is 4. The van der Waals surface area contributed by atoms with Crippen molar-refractivity contribution in [3.63, 3.8) is 0 Å². The van der Waals surface area contributed by atoms with E-state index in [2.05, 4.69) is 10.2 Å². The van der Waals surface area contributed by atoms with Crippen LogP contribution in [-0.4, -0.2) is 27.4 Å². The maximum absolute atomic E-state index is 9.02. The van der Waals surface area contributed by atoms with Crippen LogP contribution in [0.5, 0.6) is 0 Å². The lowest BCUT2D eigenvalue weighted by molar-refractivity contribution is 0.426. The van der Waals surface area contributed by atoms with E-state index < -0.39 is 7.12 Å². The Morgan fingerprint density at radius 3 is 2.85 bits per heavy atom. The molecule has 0 spiro atoms. The number of nitrogens with two attached hydrogens (primary N) is 1. The molecule has 1 aromatic carbocycles. The highest BCUT2D eigenvalue weighted by Gasteiger charge is 2.16. The molecule has 0 amide bonds. The molecule has 0 bridgehead atoms. The molecule has 5 nitrogen and oxygen atoms in total. The molecular weight excluding hydrogens is 169 g/mol. The number of nitrogens with one attached hydrogen (secondary N) is 1. The van der Waals surface area contributed by atoms with Crippen molar-refractivity contribution in [2.75, 3.05) is 5.73 Å². The molecule has 0 aliphatic heterocycles. The normalized spacial score (nSPS) is 10.6. The molecule has 5 N–H and O–H groups in total. The Bertz CT molecular complexity index is 440. The molecule has 0 fully saturated rings. The minimum absolute atomic E-state index is 0.340. The zero-order chi connectivity index (χ0) is 9.42. The van der Waals surface area contributed by atoms with Gasteiger partial charge in [-0.2, -0.15) is 5.10 Å². The number of anilines is 1. The second kappa shape index (κ2) is 2.76. The summed E-state index contributed by atoms with van der Waals surface area (Å²) in [6, 6.07) is 3.22. The lowest BCUT2D eigenvalue weighted by Gasteiger charge is -2.02. The molecule has 2 rings (SSSR count). The maximum atomic E-state index is 9.02. The van der Waals surface area contributed by atoms with Crippen molar-refractivity contribution in [3.8, 4) is 0 Å². The quantitative estimate of drug-likeness (QED) is 0.326. The number of H-pyrrole nitrogens is 1. The number of benzene rings is 1. The number of nitrogens with zero attached hydrogens (tertiary/aromatic N) is 1. The molecule has 2 aromatic rings. The van der Waals surface area contributed by atoms with Gasteiger partial charge >= 0.3 is 7.12 Å². The van der Waals surface area contributed by atoms with Crippen LogP contribution in [0.4, 0.5) is 5.69 Å². The molecular formula is C7H8BN3O2. The molecule has 1 heterocycles. The first-order valence-corrected chi connectivity index (χ1v) is 3.77. The number of hydrogen-bond acceptors (Lipinski definition) is 4. The van der Waals surface area contributed by atoms with Crippen molar-refractivity contribution in [1.29, 1.82) is 0 Å². The Morgan fingerprint density at radius 2 is 2.15 bits per heavy atom. The Kier molecular flexibility index (Phi) is 1.71. The topological polar surface area (TPSA) is 95.2 Å². The van der Waals surface area contributed by atoms with Crippen LogP contribution in [0, 0.1) is 0 Å². The van der Waals surface area contributed by atoms with Crippen molar-refractivity contribution in [2.24, 2.45) is 0 Å². The average Bonchev–Trinajstić information content (AvgIpc) is 2.49. The fourth-order valence-corrected chi connectivity index (χ4v) is 1.31. The molecule has 13 heavy (non-hydrogen) atoms. The van der Waals surface area contributed by atoms with Gasteiger partial charge in [-0.25, -0.2) is 0 Å². The minimum Gasteiger partial charge on any atom is -0.423 e. The van der Waals surface area contributed by atoms with Crippen LogP contribution < -0.4 is 11.2 Å². The summed E-state index contributed by atoms with van der Waals surface area (Å²) in [7, 11) is -1.54. The van der Waals surface area contributed by atoms with Gasteiger partial charge in [0.15, 0.2) is 0 Å². The van der Waals surface area contributed by atoms with Gasteiger partial charge in [0.1, 0.15) is 0 Å². The van der Waals surface area contributed by atoms with Gasteiger partial charge in [-0.1, -0.05) is 0 Å². The number of rotatable bonds is 1. The summed E-state index contributed by atoms with van der Waals surface area (Å²) >= 11 is 0. The van der Waals surface area contributed by atoms with Crippen LogP contribution in [0.25, 0.3) is 10.9 Å². The number of nitrogen functional groups attached to an aromatic ring is 1. The molecule has 0 saturated carbocycles. The zero-order valence-electron chi connectivity index (χ0n) is 6.73. The first-order valence-electron chi connectivity index (χ1n) is 3.77. The Balaban J connectivity index is 2.77. The third-order valence-electron chi connectivity index (χ3n) is 1.88. The van der Waals surface area contributed by atoms with Crippen LogP contribution in [0.1, 0.15) is 0 Å². The summed E-state index contributed by atoms with van der Waals surface area (Å²) in [5, 5.41) is 25.3. The van der Waals surface area contributed by atoms with E-state index in [1.807, 2.05) is 0 Å². The maximum Gasteiger partial charge on any atom is 0.490 e. The van der Waals surface area contributed by atoms with Gasteiger partial charge in [0, 0.05) is 16.5 Å². The number of fused-ring (bicyclic) bond motifs is 1. The highest BCUT2D eigenvalue weighted by molar-refractivity contribution is 6.61. The Labute approximate surface area is 74.3 Å². The van der Waals surface area contributed by atoms with Crippen molar-refractivity contribution in [1.82, 2.24) is 10.2 Å². The van der Waals surface area contributed by atoms with E-state index in [1.165, 1.54) is 6.07 Å². The van der Waals surface area contributed by atoms with Crippen molar-refractivity contribution in [2.45, 2.75) is 0 Å². The van der Waals surface area contributed by atoms with Gasteiger partial charge in [0.2, 0.25) is 0 Å². The number of aromatic nitrogens is 2. The standard InChI is InChI=1S/C7H8BN3O2/c9-5-1-4-3-10-11-7(4)6(2-5)8(12)13/h1-3,12-13H,9H2,(H,10,11). The van der Waals surface area contributed by atoms with Crippen LogP contribution in [-0.2, 0) is 0 Å². The Hall–Kier alpha value is -1.53. The average molecular weight is 177 g/mol. The summed E-state index contributed by atoms with van der Waals surface area (Å²) in [6.45, 7) is 0. The zero-order valence-corrected chi connectivity index (χ0v) is 6.73. The van der Waals surface area contributed by atoms with Crippen molar-refractivity contribution >= 4 is 29.2 Å². The lowest BCUT2D eigenvalue weighted by atomic mass is 9.79. The second-order valence-electron chi connectivity index (χ2n) is 2.82. The summed E-state index contributed by atoms with van der Waals surface area (Å²) in [6.07, 6.45) is 1.58. The monoisotopic (exact) mass is 177 g/mol. The highest BCUT2D eigenvalue weighted by Crippen LogP contribution is 2.12. The highest BCUT2D eigenvalue weighted by atomic mass is 16.4. The summed E-state index contributed by atoms with van der Waals surface area (Å²) in [5.41, 5.74) is 6.98. The molecule has 66 valence electrons. The van der Waals surface area contributed by atoms with Gasteiger partial charge < -0.3 is 15.8 Å². The molecule has 1 aromatic heterocycles. The fourth-order valence-electron chi connectivity index (χ4n) is 1.31. The minimum atomic E-state index is -1.54. The van der Waals surface area contributed by atoms with Crippen molar-refractivity contribution < 1.29 is 10.0 Å². The van der Waals surface area contributed by atoms with E-state index in [0.29, 0.717) is 16.7 Å². The SMILES string of the molecule is Nc1cc(B(O)O)c2[nH]ncc2c1. The fraction of sp³-hybridized carbons (Fsp3) is 0. The molecule has 6 heteroatoms. The summed E-state index contributed by atoms with van der Waals surface area (Å²) < 4.78 is 0. The molecule has 0 saturated heterocycles. The third-order valence-corrected chi connectivity index (χ3v) is 1.88. The third kappa shape index (κ3) is 1.26. The van der Waals surface area contributed by atoms with E-state index >= 15 is 0 Å². The van der Waals surface area contributed by atoms with Crippen molar-refractivity contribution in [3.05, 3.63) is 18.3 Å². The Morgan fingerprint density at radius 1 is 1.38 bits per heavy atom. The predicted octanol–water partition coefficient (Wildman–Crippen LogP) is -1.18. The second-order valence-corrected chi connectivity index (χ2v) is 2.82. The van der Waals surface area contributed by atoms with Gasteiger partial charge in [0.05, 0.1) is 11.7 Å².